The van der Waals surface area contributed by atoms with Crippen LogP contribution in [0.3, 0.4) is 0 Å². The molecule has 47 heavy (non-hydrogen) atoms. The molecule has 4 N–H and O–H groups in total. The first-order chi connectivity index (χ1) is 22.8. The summed E-state index contributed by atoms with van der Waals surface area (Å²) in [4.78, 5) is 56.1. The van der Waals surface area contributed by atoms with Crippen molar-refractivity contribution in [2.75, 3.05) is 10.6 Å². The zero-order valence-corrected chi connectivity index (χ0v) is 26.2. The van der Waals surface area contributed by atoms with Crippen molar-refractivity contribution in [2.24, 2.45) is 0 Å². The molecule has 3 amide bonds. The lowest BCUT2D eigenvalue weighted by atomic mass is 10.1. The number of nitrogens with one attached hydrogen (secondary N) is 3. The summed E-state index contributed by atoms with van der Waals surface area (Å²) < 4.78 is 0. The van der Waals surface area contributed by atoms with Gasteiger partial charge in [-0.3, -0.25) is 19.4 Å². The molecule has 1 unspecified atom stereocenters. The Kier molecular flexibility index (Phi) is 10.8. The molecule has 0 saturated carbocycles. The number of hydrogen-bond acceptors (Lipinski definition) is 6. The third kappa shape index (κ3) is 8.94. The van der Waals surface area contributed by atoms with E-state index in [1.165, 1.54) is 36.0 Å². The van der Waals surface area contributed by atoms with Crippen LogP contribution in [0.5, 0.6) is 0 Å². The second-order valence-corrected chi connectivity index (χ2v) is 11.6. The molecule has 9 nitrogen and oxygen atoms in total. The highest BCUT2D eigenvalue weighted by Gasteiger charge is 2.23. The Labute approximate surface area is 279 Å². The minimum absolute atomic E-state index is 0.0272. The van der Waals surface area contributed by atoms with Crippen LogP contribution in [0.2, 0.25) is 5.02 Å². The highest BCUT2D eigenvalue weighted by Crippen LogP contribution is 2.37. The molecule has 0 aliphatic carbocycles. The Balaban J connectivity index is 1.32. The number of carboxylic acid groups (broad SMARTS) is 1. The number of aromatic carboxylic acids is 1. The third-order valence-electron chi connectivity index (χ3n) is 6.70. The standard InChI is InChI=1S/C36H27ClN4O5S/c37-30-18-15-27(21-29(30)36(45)46)40-35(44)32(24-9-3-1-4-10-24)47-28-16-13-26(14-17-28)39-34(43)31(20-23-8-7-19-38-22-23)41-33(42)25-11-5-2-6-12-25/h1-22,32H,(H,39,43)(H,40,44)(H,41,42)(H,45,46)/b31-20-. The van der Waals surface area contributed by atoms with E-state index in [1.54, 1.807) is 79.1 Å². The molecule has 5 rings (SSSR count). The summed E-state index contributed by atoms with van der Waals surface area (Å²) in [5.74, 6) is -2.54. The number of carboxylic acids is 1. The number of carbonyl (C=O) groups excluding carboxylic acids is 3. The fourth-order valence-corrected chi connectivity index (χ4v) is 5.62. The zero-order chi connectivity index (χ0) is 33.2. The second kappa shape index (κ2) is 15.5. The van der Waals surface area contributed by atoms with Crippen molar-refractivity contribution in [1.82, 2.24) is 10.3 Å². The van der Waals surface area contributed by atoms with Crippen molar-refractivity contribution in [3.63, 3.8) is 0 Å². The SMILES string of the molecule is O=C(Nc1ccc(SC(C(=O)Nc2ccc(Cl)c(C(=O)O)c2)c2ccccc2)cc1)/C(=C/c1cccnc1)NC(=O)c1ccccc1. The molecule has 0 aliphatic heterocycles. The van der Waals surface area contributed by atoms with Gasteiger partial charge in [0.2, 0.25) is 5.91 Å². The topological polar surface area (TPSA) is 137 Å². The maximum Gasteiger partial charge on any atom is 0.337 e. The van der Waals surface area contributed by atoms with Gasteiger partial charge in [-0.2, -0.15) is 0 Å². The lowest BCUT2D eigenvalue weighted by molar-refractivity contribution is -0.116. The van der Waals surface area contributed by atoms with Gasteiger partial charge in [0.1, 0.15) is 10.9 Å². The molecule has 5 aromatic rings. The third-order valence-corrected chi connectivity index (χ3v) is 8.29. The first-order valence-corrected chi connectivity index (χ1v) is 15.5. The summed E-state index contributed by atoms with van der Waals surface area (Å²) in [5, 5.41) is 17.1. The van der Waals surface area contributed by atoms with Gasteiger partial charge in [-0.05, 0) is 77.9 Å². The number of aromatic nitrogens is 1. The average Bonchev–Trinajstić information content (AvgIpc) is 3.09. The van der Waals surface area contributed by atoms with Crippen LogP contribution in [0.25, 0.3) is 6.08 Å². The first-order valence-electron chi connectivity index (χ1n) is 14.2. The Hall–Kier alpha value is -5.71. The van der Waals surface area contributed by atoms with Crippen LogP contribution in [-0.4, -0.2) is 33.8 Å². The van der Waals surface area contributed by atoms with Crippen molar-refractivity contribution in [2.45, 2.75) is 10.1 Å². The predicted octanol–water partition coefficient (Wildman–Crippen LogP) is 7.31. The molecule has 11 heteroatoms. The molecule has 1 aromatic heterocycles. The van der Waals surface area contributed by atoms with E-state index in [2.05, 4.69) is 20.9 Å². The van der Waals surface area contributed by atoms with Crippen LogP contribution in [-0.2, 0) is 9.59 Å². The number of nitrogens with zero attached hydrogens (tertiary/aromatic N) is 1. The van der Waals surface area contributed by atoms with Gasteiger partial charge in [-0.1, -0.05) is 66.2 Å². The maximum absolute atomic E-state index is 13.5. The van der Waals surface area contributed by atoms with Crippen LogP contribution >= 0.6 is 23.4 Å². The molecule has 4 aromatic carbocycles. The fraction of sp³-hybridized carbons (Fsp3) is 0.0278. The molecular formula is C36H27ClN4O5S. The molecule has 0 radical (unpaired) electrons. The van der Waals surface area contributed by atoms with Gasteiger partial charge < -0.3 is 21.1 Å². The van der Waals surface area contributed by atoms with E-state index < -0.39 is 23.0 Å². The van der Waals surface area contributed by atoms with Crippen LogP contribution < -0.4 is 16.0 Å². The fourth-order valence-electron chi connectivity index (χ4n) is 4.40. The van der Waals surface area contributed by atoms with Crippen molar-refractivity contribution < 1.29 is 24.3 Å². The Morgan fingerprint density at radius 2 is 1.47 bits per heavy atom. The van der Waals surface area contributed by atoms with E-state index in [0.29, 0.717) is 22.5 Å². The molecule has 234 valence electrons. The monoisotopic (exact) mass is 662 g/mol. The second-order valence-electron chi connectivity index (χ2n) is 10.0. The number of pyridine rings is 1. The minimum Gasteiger partial charge on any atom is -0.478 e. The van der Waals surface area contributed by atoms with Gasteiger partial charge in [0.05, 0.1) is 10.6 Å². The largest absolute Gasteiger partial charge is 0.478 e. The van der Waals surface area contributed by atoms with Gasteiger partial charge in [-0.25, -0.2) is 4.79 Å². The molecule has 0 bridgehead atoms. The smallest absolute Gasteiger partial charge is 0.337 e. The van der Waals surface area contributed by atoms with Gasteiger partial charge in [-0.15, -0.1) is 11.8 Å². The molecule has 0 fully saturated rings. The molecule has 1 heterocycles. The normalized spacial score (nSPS) is 11.6. The van der Waals surface area contributed by atoms with Crippen LogP contribution in [0.15, 0.2) is 138 Å². The Morgan fingerprint density at radius 1 is 0.787 bits per heavy atom. The van der Waals surface area contributed by atoms with Crippen LogP contribution in [0, 0.1) is 0 Å². The summed E-state index contributed by atoms with van der Waals surface area (Å²) in [6, 6.07) is 32.4. The molecule has 0 spiro atoms. The number of amides is 3. The van der Waals surface area contributed by atoms with Gasteiger partial charge in [0.25, 0.3) is 11.8 Å². The summed E-state index contributed by atoms with van der Waals surface area (Å²) >= 11 is 7.27. The van der Waals surface area contributed by atoms with Gasteiger partial charge in [0.15, 0.2) is 0 Å². The maximum atomic E-state index is 13.5. The molecule has 1 atom stereocenters. The van der Waals surface area contributed by atoms with Crippen LogP contribution in [0.1, 0.15) is 37.1 Å². The molecular weight excluding hydrogens is 636 g/mol. The lowest BCUT2D eigenvalue weighted by Gasteiger charge is -2.18. The Bertz CT molecular complexity index is 1920. The number of anilines is 2. The van der Waals surface area contributed by atoms with Gasteiger partial charge in [0, 0.05) is 34.2 Å². The highest BCUT2D eigenvalue weighted by molar-refractivity contribution is 8.00. The molecule has 0 aliphatic rings. The zero-order valence-electron chi connectivity index (χ0n) is 24.6. The molecule has 0 saturated heterocycles. The summed E-state index contributed by atoms with van der Waals surface area (Å²) in [6.45, 7) is 0. The van der Waals surface area contributed by atoms with Crippen molar-refractivity contribution in [1.29, 1.82) is 0 Å². The van der Waals surface area contributed by atoms with Crippen molar-refractivity contribution in [3.05, 3.63) is 161 Å². The van der Waals surface area contributed by atoms with E-state index in [1.807, 2.05) is 30.3 Å². The quantitative estimate of drug-likeness (QED) is 0.0859. The summed E-state index contributed by atoms with van der Waals surface area (Å²) in [5.41, 5.74) is 2.43. The predicted molar refractivity (Wildman–Crippen MR) is 183 cm³/mol. The number of hydrogen-bond donors (Lipinski definition) is 4. The minimum atomic E-state index is -1.20. The van der Waals surface area contributed by atoms with Crippen LogP contribution in [0.4, 0.5) is 11.4 Å². The number of benzene rings is 4. The number of rotatable bonds is 11. The average molecular weight is 663 g/mol. The van der Waals surface area contributed by atoms with E-state index in [0.717, 1.165) is 10.5 Å². The van der Waals surface area contributed by atoms with E-state index in [4.69, 9.17) is 11.6 Å². The van der Waals surface area contributed by atoms with Crippen molar-refractivity contribution >= 4 is 64.5 Å². The number of thioether (sulfide) groups is 1. The van der Waals surface area contributed by atoms with Gasteiger partial charge >= 0.3 is 5.97 Å². The van der Waals surface area contributed by atoms with Crippen molar-refractivity contribution in [3.8, 4) is 0 Å². The summed E-state index contributed by atoms with van der Waals surface area (Å²) in [7, 11) is 0. The Morgan fingerprint density at radius 3 is 2.13 bits per heavy atom. The van der Waals surface area contributed by atoms with E-state index in [9.17, 15) is 24.3 Å². The lowest BCUT2D eigenvalue weighted by Crippen LogP contribution is -2.30. The number of halogens is 1. The highest BCUT2D eigenvalue weighted by atomic mass is 35.5. The van der Waals surface area contributed by atoms with E-state index in [-0.39, 0.29) is 22.2 Å². The summed E-state index contributed by atoms with van der Waals surface area (Å²) in [6.07, 6.45) is 4.72. The number of carbonyl (C=O) groups is 4. The first kappa shape index (κ1) is 32.7. The van der Waals surface area contributed by atoms with E-state index >= 15 is 0 Å².